The van der Waals surface area contributed by atoms with Crippen molar-refractivity contribution in [1.29, 1.82) is 0 Å². The lowest BCUT2D eigenvalue weighted by atomic mass is 9.98. The minimum Gasteiger partial charge on any atom is -0.348 e. The van der Waals surface area contributed by atoms with Gasteiger partial charge in [-0.2, -0.15) is 5.10 Å². The SMILES string of the molecule is O=C(c1cccc(-n2cccn2)c1)N1CCc2[nH]cnc2C1c1ccccn1. The number of pyridine rings is 1. The van der Waals surface area contributed by atoms with Crippen LogP contribution in [-0.4, -0.2) is 42.1 Å². The van der Waals surface area contributed by atoms with Gasteiger partial charge in [0, 0.05) is 42.8 Å². The molecule has 7 nitrogen and oxygen atoms in total. The van der Waals surface area contributed by atoms with Crippen molar-refractivity contribution in [3.05, 3.63) is 96.1 Å². The zero-order valence-corrected chi connectivity index (χ0v) is 15.1. The van der Waals surface area contributed by atoms with Gasteiger partial charge in [0.2, 0.25) is 0 Å². The molecule has 4 aromatic rings. The highest BCUT2D eigenvalue weighted by molar-refractivity contribution is 5.95. The molecule has 5 rings (SSSR count). The zero-order chi connectivity index (χ0) is 18.9. The second-order valence-corrected chi connectivity index (χ2v) is 6.67. The van der Waals surface area contributed by atoms with E-state index in [9.17, 15) is 4.79 Å². The summed E-state index contributed by atoms with van der Waals surface area (Å²) in [5.41, 5.74) is 4.20. The van der Waals surface area contributed by atoms with Gasteiger partial charge in [0.05, 0.1) is 23.4 Å². The van der Waals surface area contributed by atoms with Crippen LogP contribution in [0, 0.1) is 0 Å². The normalized spacial score (nSPS) is 16.0. The Bertz CT molecular complexity index is 1100. The van der Waals surface area contributed by atoms with Crippen LogP contribution in [0.3, 0.4) is 0 Å². The smallest absolute Gasteiger partial charge is 0.254 e. The Morgan fingerprint density at radius 2 is 2.04 bits per heavy atom. The van der Waals surface area contributed by atoms with Crippen molar-refractivity contribution in [3.63, 3.8) is 0 Å². The number of rotatable bonds is 3. The molecule has 0 saturated heterocycles. The van der Waals surface area contributed by atoms with Gasteiger partial charge in [-0.3, -0.25) is 9.78 Å². The van der Waals surface area contributed by atoms with Crippen molar-refractivity contribution in [3.8, 4) is 5.69 Å². The van der Waals surface area contributed by atoms with Gasteiger partial charge < -0.3 is 9.88 Å². The van der Waals surface area contributed by atoms with Crippen molar-refractivity contribution in [2.75, 3.05) is 6.54 Å². The van der Waals surface area contributed by atoms with Crippen LogP contribution in [0.5, 0.6) is 0 Å². The molecule has 1 amide bonds. The van der Waals surface area contributed by atoms with Crippen LogP contribution in [0.25, 0.3) is 5.69 Å². The average molecular weight is 370 g/mol. The third-order valence-electron chi connectivity index (χ3n) is 5.02. The Hall–Kier alpha value is -3.74. The summed E-state index contributed by atoms with van der Waals surface area (Å²) in [6, 6.07) is 14.8. The van der Waals surface area contributed by atoms with E-state index in [1.54, 1.807) is 23.4 Å². The fourth-order valence-electron chi connectivity index (χ4n) is 3.70. The van der Waals surface area contributed by atoms with Crippen LogP contribution in [0.15, 0.2) is 73.4 Å². The van der Waals surface area contributed by atoms with Crippen molar-refractivity contribution >= 4 is 5.91 Å². The maximum atomic E-state index is 13.5. The third kappa shape index (κ3) is 2.77. The summed E-state index contributed by atoms with van der Waals surface area (Å²) in [6.07, 6.45) is 7.75. The second-order valence-electron chi connectivity index (χ2n) is 6.67. The quantitative estimate of drug-likeness (QED) is 0.601. The molecule has 3 aromatic heterocycles. The minimum absolute atomic E-state index is 0.0432. The van der Waals surface area contributed by atoms with E-state index >= 15 is 0 Å². The van der Waals surface area contributed by atoms with Crippen LogP contribution in [0.4, 0.5) is 0 Å². The molecule has 1 N–H and O–H groups in total. The number of nitrogens with one attached hydrogen (secondary N) is 1. The van der Waals surface area contributed by atoms with E-state index in [0.29, 0.717) is 12.1 Å². The highest BCUT2D eigenvalue weighted by atomic mass is 16.2. The second kappa shape index (κ2) is 6.77. The van der Waals surface area contributed by atoms with Crippen LogP contribution >= 0.6 is 0 Å². The van der Waals surface area contributed by atoms with Crippen LogP contribution in [0.1, 0.15) is 33.5 Å². The van der Waals surface area contributed by atoms with Crippen LogP contribution in [0.2, 0.25) is 0 Å². The van der Waals surface area contributed by atoms with Gasteiger partial charge in [0.15, 0.2) is 0 Å². The Labute approximate surface area is 161 Å². The number of nitrogens with zero attached hydrogens (tertiary/aromatic N) is 5. The lowest BCUT2D eigenvalue weighted by Crippen LogP contribution is -2.41. The van der Waals surface area contributed by atoms with E-state index in [2.05, 4.69) is 20.1 Å². The molecular weight excluding hydrogens is 352 g/mol. The largest absolute Gasteiger partial charge is 0.348 e. The maximum absolute atomic E-state index is 13.5. The molecule has 0 spiro atoms. The average Bonchev–Trinajstić information content (AvgIpc) is 3.45. The molecule has 0 fully saturated rings. The van der Waals surface area contributed by atoms with Gasteiger partial charge in [-0.25, -0.2) is 9.67 Å². The monoisotopic (exact) mass is 370 g/mol. The number of hydrogen-bond acceptors (Lipinski definition) is 4. The summed E-state index contributed by atoms with van der Waals surface area (Å²) in [5, 5.41) is 4.25. The van der Waals surface area contributed by atoms with E-state index in [1.807, 2.05) is 59.6 Å². The van der Waals surface area contributed by atoms with Crippen molar-refractivity contribution < 1.29 is 4.79 Å². The summed E-state index contributed by atoms with van der Waals surface area (Å²) >= 11 is 0. The van der Waals surface area contributed by atoms with E-state index in [1.165, 1.54) is 0 Å². The van der Waals surface area contributed by atoms with Crippen molar-refractivity contribution in [2.45, 2.75) is 12.5 Å². The molecule has 1 aromatic carbocycles. The Morgan fingerprint density at radius 3 is 2.86 bits per heavy atom. The number of fused-ring (bicyclic) bond motifs is 1. The number of aromatic amines is 1. The number of H-pyrrole nitrogens is 1. The molecular formula is C21H18N6O. The van der Waals surface area contributed by atoms with Crippen molar-refractivity contribution in [2.24, 2.45) is 0 Å². The maximum Gasteiger partial charge on any atom is 0.254 e. The number of carbonyl (C=O) groups excluding carboxylic acids is 1. The summed E-state index contributed by atoms with van der Waals surface area (Å²) in [4.78, 5) is 27.5. The molecule has 1 aliphatic heterocycles. The zero-order valence-electron chi connectivity index (χ0n) is 15.1. The highest BCUT2D eigenvalue weighted by Gasteiger charge is 2.35. The number of imidazole rings is 1. The molecule has 0 aliphatic carbocycles. The lowest BCUT2D eigenvalue weighted by Gasteiger charge is -2.34. The van der Waals surface area contributed by atoms with Gasteiger partial charge in [-0.1, -0.05) is 12.1 Å². The Kier molecular flexibility index (Phi) is 3.97. The van der Waals surface area contributed by atoms with E-state index in [0.717, 1.165) is 29.2 Å². The molecule has 1 atom stereocenters. The fourth-order valence-corrected chi connectivity index (χ4v) is 3.70. The first kappa shape index (κ1) is 16.4. The van der Waals surface area contributed by atoms with E-state index < -0.39 is 0 Å². The number of aromatic nitrogens is 5. The first-order chi connectivity index (χ1) is 13.8. The Morgan fingerprint density at radius 1 is 1.07 bits per heavy atom. The third-order valence-corrected chi connectivity index (χ3v) is 5.02. The van der Waals surface area contributed by atoms with Gasteiger partial charge in [-0.05, 0) is 36.4 Å². The number of amides is 1. The number of hydrogen-bond donors (Lipinski definition) is 1. The fraction of sp³-hybridized carbons (Fsp3) is 0.143. The number of carbonyl (C=O) groups is 1. The van der Waals surface area contributed by atoms with Gasteiger partial charge in [-0.15, -0.1) is 0 Å². The predicted octanol–water partition coefficient (Wildman–Crippen LogP) is 2.78. The molecule has 0 saturated carbocycles. The van der Waals surface area contributed by atoms with Gasteiger partial charge >= 0.3 is 0 Å². The first-order valence-electron chi connectivity index (χ1n) is 9.15. The minimum atomic E-state index is -0.308. The Balaban J connectivity index is 1.54. The van der Waals surface area contributed by atoms with Gasteiger partial charge in [0.1, 0.15) is 6.04 Å². The highest BCUT2D eigenvalue weighted by Crippen LogP contribution is 2.33. The summed E-state index contributed by atoms with van der Waals surface area (Å²) in [6.45, 7) is 0.598. The molecule has 4 heterocycles. The number of benzene rings is 1. The summed E-state index contributed by atoms with van der Waals surface area (Å²) in [5.74, 6) is -0.0432. The predicted molar refractivity (Wildman–Crippen MR) is 103 cm³/mol. The summed E-state index contributed by atoms with van der Waals surface area (Å²) in [7, 11) is 0. The molecule has 1 aliphatic rings. The van der Waals surface area contributed by atoms with Crippen LogP contribution < -0.4 is 0 Å². The van der Waals surface area contributed by atoms with Crippen LogP contribution in [-0.2, 0) is 6.42 Å². The summed E-state index contributed by atoms with van der Waals surface area (Å²) < 4.78 is 1.75. The van der Waals surface area contributed by atoms with E-state index in [-0.39, 0.29) is 11.9 Å². The molecule has 7 heteroatoms. The first-order valence-corrected chi connectivity index (χ1v) is 9.15. The van der Waals surface area contributed by atoms with Gasteiger partial charge in [0.25, 0.3) is 5.91 Å². The molecule has 0 radical (unpaired) electrons. The topological polar surface area (TPSA) is 79.7 Å². The van der Waals surface area contributed by atoms with E-state index in [4.69, 9.17) is 0 Å². The lowest BCUT2D eigenvalue weighted by molar-refractivity contribution is 0.0687. The molecule has 138 valence electrons. The molecule has 28 heavy (non-hydrogen) atoms. The molecule has 0 bridgehead atoms. The molecule has 1 unspecified atom stereocenters. The van der Waals surface area contributed by atoms with Crippen molar-refractivity contribution in [1.82, 2.24) is 29.6 Å². The standard InChI is InChI=1S/C21H18N6O/c28-21(15-5-3-6-16(13-15)27-11-4-10-25-27)26-12-8-17-19(24-14-23-17)20(26)18-7-1-2-9-22-18/h1-7,9-11,13-14,20H,8,12H2,(H,23,24).